The van der Waals surface area contributed by atoms with Crippen LogP contribution in [0.2, 0.25) is 0 Å². The van der Waals surface area contributed by atoms with Gasteiger partial charge in [-0.25, -0.2) is 19.9 Å². The minimum absolute atomic E-state index is 0.277. The lowest BCUT2D eigenvalue weighted by Crippen LogP contribution is -2.30. The maximum absolute atomic E-state index is 5.21. The number of rotatable bonds is 0. The van der Waals surface area contributed by atoms with Crippen molar-refractivity contribution in [1.82, 2.24) is 29.9 Å². The highest BCUT2D eigenvalue weighted by Crippen LogP contribution is 2.37. The zero-order valence-electron chi connectivity index (χ0n) is 22.3. The van der Waals surface area contributed by atoms with Crippen molar-refractivity contribution < 1.29 is 0 Å². The highest BCUT2D eigenvalue weighted by molar-refractivity contribution is 6.11. The van der Waals surface area contributed by atoms with Crippen LogP contribution >= 0.6 is 0 Å². The van der Waals surface area contributed by atoms with Gasteiger partial charge in [0.15, 0.2) is 11.6 Å². The first-order valence-corrected chi connectivity index (χ1v) is 14.2. The number of aromatic amines is 2. The van der Waals surface area contributed by atoms with Crippen molar-refractivity contribution in [3.05, 3.63) is 108 Å². The van der Waals surface area contributed by atoms with Crippen LogP contribution in [0.15, 0.2) is 97.1 Å². The van der Waals surface area contributed by atoms with E-state index in [1.54, 1.807) is 0 Å². The Kier molecular flexibility index (Phi) is 4.20. The molecular formula is C36H22N6. The minimum Gasteiger partial charge on any atom is -0.324 e. The lowest BCUT2D eigenvalue weighted by atomic mass is 9.84. The van der Waals surface area contributed by atoms with Crippen LogP contribution in [0.3, 0.4) is 0 Å². The predicted molar refractivity (Wildman–Crippen MR) is 169 cm³/mol. The molecule has 0 saturated heterocycles. The standard InChI is InChI=1S/C36H22N6/c1-2-8-20-14-26-25(13-19(20)7-1)31-37-32(26)41-34-29-17-23-11-5-6-12-24(23)18-30(29)36(39-34)42-35-28-16-22-10-4-3-9-21(22)15-27(28)33(38-35)40-31/h1-20H,(H2,37,38,39,40,41,42). The van der Waals surface area contributed by atoms with E-state index in [-0.39, 0.29) is 11.8 Å². The number of aromatic nitrogens is 6. The summed E-state index contributed by atoms with van der Waals surface area (Å²) in [5.74, 6) is 1.86. The minimum atomic E-state index is 0.277. The molecule has 0 spiro atoms. The Morgan fingerprint density at radius 1 is 0.476 bits per heavy atom. The van der Waals surface area contributed by atoms with Crippen molar-refractivity contribution in [2.75, 3.05) is 0 Å². The molecule has 10 rings (SSSR count). The van der Waals surface area contributed by atoms with Crippen molar-refractivity contribution >= 4 is 67.1 Å². The molecular weight excluding hydrogens is 516 g/mol. The highest BCUT2D eigenvalue weighted by atomic mass is 15.0. The molecule has 0 radical (unpaired) electrons. The number of allylic oxidation sites excluding steroid dienone is 4. The van der Waals surface area contributed by atoms with Gasteiger partial charge in [0.25, 0.3) is 0 Å². The summed E-state index contributed by atoms with van der Waals surface area (Å²) >= 11 is 0. The van der Waals surface area contributed by atoms with Crippen LogP contribution in [0.1, 0.15) is 0 Å². The summed E-state index contributed by atoms with van der Waals surface area (Å²) in [5, 5.41) is 8.77. The Morgan fingerprint density at radius 2 is 0.929 bits per heavy atom. The molecule has 42 heavy (non-hydrogen) atoms. The highest BCUT2D eigenvalue weighted by Gasteiger charge is 2.23. The van der Waals surface area contributed by atoms with Crippen LogP contribution in [-0.2, 0) is 0 Å². The molecule has 2 aliphatic carbocycles. The Balaban J connectivity index is 1.42. The summed E-state index contributed by atoms with van der Waals surface area (Å²) in [6.45, 7) is 0. The van der Waals surface area contributed by atoms with Gasteiger partial charge in [-0.3, -0.25) is 0 Å². The molecule has 2 atom stereocenters. The van der Waals surface area contributed by atoms with Crippen LogP contribution in [0, 0.1) is 11.8 Å². The summed E-state index contributed by atoms with van der Waals surface area (Å²) < 4.78 is 0. The second-order valence-corrected chi connectivity index (χ2v) is 11.3. The number of hydrogen-bond donors (Lipinski definition) is 2. The van der Waals surface area contributed by atoms with Gasteiger partial charge in [0.05, 0.1) is 0 Å². The van der Waals surface area contributed by atoms with Crippen molar-refractivity contribution in [2.45, 2.75) is 0 Å². The van der Waals surface area contributed by atoms with Gasteiger partial charge in [-0.15, -0.1) is 0 Å². The van der Waals surface area contributed by atoms with Crippen molar-refractivity contribution in [1.29, 1.82) is 0 Å². The molecule has 0 amide bonds. The van der Waals surface area contributed by atoms with Crippen molar-refractivity contribution in [2.24, 2.45) is 11.8 Å². The predicted octanol–water partition coefficient (Wildman–Crippen LogP) is 6.39. The van der Waals surface area contributed by atoms with Gasteiger partial charge in [-0.05, 0) is 45.8 Å². The van der Waals surface area contributed by atoms with Crippen molar-refractivity contribution in [3.63, 3.8) is 0 Å². The van der Waals surface area contributed by atoms with Gasteiger partial charge in [0, 0.05) is 44.2 Å². The summed E-state index contributed by atoms with van der Waals surface area (Å²) in [5.41, 5.74) is 5.01. The Labute approximate surface area is 238 Å². The molecule has 196 valence electrons. The average molecular weight is 539 g/mol. The number of nitrogens with one attached hydrogen (secondary N) is 2. The van der Waals surface area contributed by atoms with E-state index in [2.05, 4.69) is 119 Å². The summed E-state index contributed by atoms with van der Waals surface area (Å²) in [6.07, 6.45) is 13.4. The van der Waals surface area contributed by atoms with Crippen molar-refractivity contribution in [3.8, 4) is 22.8 Å². The monoisotopic (exact) mass is 538 g/mol. The molecule has 0 saturated carbocycles. The Morgan fingerprint density at radius 3 is 1.50 bits per heavy atom. The molecule has 2 N–H and O–H groups in total. The fraction of sp³-hybridized carbons (Fsp3) is 0.0556. The maximum Gasteiger partial charge on any atom is 0.164 e. The number of fused-ring (bicyclic) bond motifs is 18. The number of benzene rings is 4. The number of nitrogens with zero attached hydrogens (tertiary/aromatic N) is 4. The van der Waals surface area contributed by atoms with E-state index in [0.29, 0.717) is 11.6 Å². The second kappa shape index (κ2) is 7.98. The third kappa shape index (κ3) is 3.09. The van der Waals surface area contributed by atoms with E-state index in [1.165, 1.54) is 0 Å². The van der Waals surface area contributed by atoms with Crippen LogP contribution in [0.25, 0.3) is 89.8 Å². The largest absolute Gasteiger partial charge is 0.324 e. The molecule has 2 unspecified atom stereocenters. The topological polar surface area (TPSA) is 83.1 Å². The third-order valence-corrected chi connectivity index (χ3v) is 8.85. The first-order valence-electron chi connectivity index (χ1n) is 14.2. The molecule has 1 aliphatic heterocycles. The average Bonchev–Trinajstić information content (AvgIpc) is 3.65. The number of H-pyrrole nitrogens is 2. The Hall–Kier alpha value is -5.62. The van der Waals surface area contributed by atoms with Crippen LogP contribution < -0.4 is 10.4 Å². The van der Waals surface area contributed by atoms with E-state index in [9.17, 15) is 0 Å². The van der Waals surface area contributed by atoms with Crippen LogP contribution in [-0.4, -0.2) is 29.9 Å². The quantitative estimate of drug-likeness (QED) is 0.234. The molecule has 4 heterocycles. The fourth-order valence-corrected chi connectivity index (χ4v) is 6.76. The van der Waals surface area contributed by atoms with E-state index >= 15 is 0 Å². The van der Waals surface area contributed by atoms with Crippen LogP contribution in [0.4, 0.5) is 0 Å². The molecule has 6 bridgehead atoms. The van der Waals surface area contributed by atoms with E-state index in [4.69, 9.17) is 19.9 Å². The van der Waals surface area contributed by atoms with Gasteiger partial charge >= 0.3 is 0 Å². The lowest BCUT2D eigenvalue weighted by Gasteiger charge is -2.19. The SMILES string of the molecule is C1=CC2C=c3c(c4nc5[nH]c(nc6nc(nc3[nH]4)-c3cc4ccccc4cc3-6)c3cc4ccccc4cc53)=CC2C=C1. The second-order valence-electron chi connectivity index (χ2n) is 11.3. The molecule has 6 heteroatoms. The van der Waals surface area contributed by atoms with Gasteiger partial charge in [-0.2, -0.15) is 0 Å². The zero-order valence-corrected chi connectivity index (χ0v) is 22.3. The van der Waals surface area contributed by atoms with Crippen LogP contribution in [0.5, 0.6) is 0 Å². The molecule has 6 nitrogen and oxygen atoms in total. The number of hydrogen-bond acceptors (Lipinski definition) is 4. The van der Waals surface area contributed by atoms with Gasteiger partial charge in [-0.1, -0.05) is 85.0 Å². The van der Waals surface area contributed by atoms with E-state index in [0.717, 1.165) is 76.5 Å². The van der Waals surface area contributed by atoms with Gasteiger partial charge < -0.3 is 9.97 Å². The smallest absolute Gasteiger partial charge is 0.164 e. The first-order chi connectivity index (χ1) is 20.7. The summed E-state index contributed by atoms with van der Waals surface area (Å²) in [7, 11) is 0. The fourth-order valence-electron chi connectivity index (χ4n) is 6.76. The molecule has 0 fully saturated rings. The van der Waals surface area contributed by atoms with E-state index < -0.39 is 0 Å². The molecule has 4 aromatic carbocycles. The Bertz CT molecular complexity index is 2600. The summed E-state index contributed by atoms with van der Waals surface area (Å²) in [4.78, 5) is 27.8. The molecule has 3 aromatic heterocycles. The van der Waals surface area contributed by atoms with Gasteiger partial charge in [0.1, 0.15) is 22.6 Å². The third-order valence-electron chi connectivity index (χ3n) is 8.85. The van der Waals surface area contributed by atoms with Gasteiger partial charge in [0.2, 0.25) is 0 Å². The van der Waals surface area contributed by atoms with E-state index in [1.807, 2.05) is 0 Å². The zero-order chi connectivity index (χ0) is 27.4. The molecule has 7 aromatic rings. The summed E-state index contributed by atoms with van der Waals surface area (Å²) in [6, 6.07) is 25.6. The lowest BCUT2D eigenvalue weighted by molar-refractivity contribution is 0.725. The molecule has 3 aliphatic rings. The first kappa shape index (κ1) is 22.1. The maximum atomic E-state index is 5.21. The normalized spacial score (nSPS) is 17.7.